The van der Waals surface area contributed by atoms with Gasteiger partial charge in [-0.25, -0.2) is 4.79 Å². The van der Waals surface area contributed by atoms with Gasteiger partial charge in [-0.05, 0) is 26.2 Å². The summed E-state index contributed by atoms with van der Waals surface area (Å²) in [7, 11) is 0. The zero-order valence-corrected chi connectivity index (χ0v) is 8.71. The summed E-state index contributed by atoms with van der Waals surface area (Å²) in [6.45, 7) is 5.12. The normalized spacial score (nSPS) is 31.4. The molecule has 0 saturated carbocycles. The number of hydrogen-bond acceptors (Lipinski definition) is 2. The molecule has 2 aliphatic rings. The Hall–Kier alpha value is -0.770. The second-order valence-electron chi connectivity index (χ2n) is 4.14. The van der Waals surface area contributed by atoms with Crippen LogP contribution in [0.2, 0.25) is 0 Å². The predicted molar refractivity (Wildman–Crippen MR) is 53.2 cm³/mol. The third-order valence-corrected chi connectivity index (χ3v) is 3.12. The van der Waals surface area contributed by atoms with Gasteiger partial charge in [-0.3, -0.25) is 0 Å². The Morgan fingerprint density at radius 1 is 1.57 bits per heavy atom. The minimum absolute atomic E-state index is 0.00504. The molecule has 1 atom stereocenters. The lowest BCUT2D eigenvalue weighted by Crippen LogP contribution is -2.41. The summed E-state index contributed by atoms with van der Waals surface area (Å²) in [6.07, 6.45) is 3.26. The predicted octanol–water partition coefficient (Wildman–Crippen LogP) is 0.971. The van der Waals surface area contributed by atoms with Crippen molar-refractivity contribution in [3.63, 3.8) is 0 Å². The molecule has 1 unspecified atom stereocenters. The first-order valence-electron chi connectivity index (χ1n) is 5.42. The zero-order chi connectivity index (χ0) is 10.0. The van der Waals surface area contributed by atoms with Gasteiger partial charge in [0, 0.05) is 19.7 Å². The van der Waals surface area contributed by atoms with E-state index < -0.39 is 0 Å². The Bertz CT molecular complexity index is 224. The Morgan fingerprint density at radius 3 is 3.07 bits per heavy atom. The van der Waals surface area contributed by atoms with Crippen molar-refractivity contribution in [2.75, 3.05) is 26.2 Å². The van der Waals surface area contributed by atoms with E-state index in [2.05, 4.69) is 5.32 Å². The van der Waals surface area contributed by atoms with Crippen molar-refractivity contribution in [3.05, 3.63) is 0 Å². The van der Waals surface area contributed by atoms with Crippen LogP contribution in [-0.4, -0.2) is 42.8 Å². The van der Waals surface area contributed by atoms with Gasteiger partial charge in [0.15, 0.2) is 0 Å². The number of carbonyl (C=O) groups excluding carboxylic acids is 1. The van der Waals surface area contributed by atoms with Crippen molar-refractivity contribution in [3.8, 4) is 0 Å². The average Bonchev–Trinajstić information content (AvgIpc) is 2.78. The molecule has 1 N–H and O–H groups in total. The summed E-state index contributed by atoms with van der Waals surface area (Å²) in [6, 6.07) is 0.0554. The van der Waals surface area contributed by atoms with Crippen LogP contribution in [0, 0.1) is 0 Å². The fourth-order valence-electron chi connectivity index (χ4n) is 2.36. The average molecular weight is 198 g/mol. The van der Waals surface area contributed by atoms with Gasteiger partial charge in [-0.15, -0.1) is 0 Å². The molecule has 80 valence electrons. The Morgan fingerprint density at radius 2 is 2.43 bits per heavy atom. The molecular formula is C10H18N2O2. The highest BCUT2D eigenvalue weighted by Crippen LogP contribution is 2.34. The van der Waals surface area contributed by atoms with E-state index in [4.69, 9.17) is 4.74 Å². The number of hydrogen-bond donors (Lipinski definition) is 1. The largest absolute Gasteiger partial charge is 0.373 e. The minimum Gasteiger partial charge on any atom is -0.373 e. The highest BCUT2D eigenvalue weighted by molar-refractivity contribution is 5.74. The van der Waals surface area contributed by atoms with Crippen molar-refractivity contribution >= 4 is 6.03 Å². The molecule has 0 aromatic rings. The van der Waals surface area contributed by atoms with Gasteiger partial charge in [0.05, 0.1) is 12.1 Å². The summed E-state index contributed by atoms with van der Waals surface area (Å²) >= 11 is 0. The van der Waals surface area contributed by atoms with Crippen LogP contribution in [0.3, 0.4) is 0 Å². The van der Waals surface area contributed by atoms with Crippen molar-refractivity contribution in [2.45, 2.75) is 31.8 Å². The lowest BCUT2D eigenvalue weighted by atomic mass is 10.00. The molecule has 0 aromatic heterocycles. The molecule has 0 radical (unpaired) electrons. The molecule has 0 aliphatic carbocycles. The van der Waals surface area contributed by atoms with Gasteiger partial charge in [0.1, 0.15) is 0 Å². The van der Waals surface area contributed by atoms with Crippen LogP contribution in [0.25, 0.3) is 0 Å². The lowest BCUT2D eigenvalue weighted by molar-refractivity contribution is 0.0153. The standard InChI is InChI=1S/C10H18N2O2/c1-2-11-9(13)12-6-5-10(8-12)4-3-7-14-10/h2-8H2,1H3,(H,11,13). The number of urea groups is 1. The van der Waals surface area contributed by atoms with Crippen molar-refractivity contribution < 1.29 is 9.53 Å². The lowest BCUT2D eigenvalue weighted by Gasteiger charge is -2.23. The van der Waals surface area contributed by atoms with Crippen molar-refractivity contribution in [1.29, 1.82) is 0 Å². The van der Waals surface area contributed by atoms with Gasteiger partial charge in [0.25, 0.3) is 0 Å². The maximum Gasteiger partial charge on any atom is 0.317 e. The molecule has 2 saturated heterocycles. The van der Waals surface area contributed by atoms with E-state index in [0.29, 0.717) is 6.54 Å². The van der Waals surface area contributed by atoms with E-state index in [9.17, 15) is 4.79 Å². The summed E-state index contributed by atoms with van der Waals surface area (Å²) < 4.78 is 5.74. The highest BCUT2D eigenvalue weighted by atomic mass is 16.5. The molecule has 4 nitrogen and oxygen atoms in total. The Kier molecular flexibility index (Phi) is 2.63. The van der Waals surface area contributed by atoms with E-state index in [1.807, 2.05) is 11.8 Å². The fraction of sp³-hybridized carbons (Fsp3) is 0.900. The summed E-state index contributed by atoms with van der Waals surface area (Å²) in [4.78, 5) is 13.4. The van der Waals surface area contributed by atoms with Crippen LogP contribution in [0.5, 0.6) is 0 Å². The molecule has 1 spiro atoms. The smallest absolute Gasteiger partial charge is 0.317 e. The third kappa shape index (κ3) is 1.71. The van der Waals surface area contributed by atoms with Gasteiger partial charge in [0.2, 0.25) is 0 Å². The van der Waals surface area contributed by atoms with Gasteiger partial charge >= 0.3 is 6.03 Å². The summed E-state index contributed by atoms with van der Waals surface area (Å²) in [5, 5.41) is 2.83. The van der Waals surface area contributed by atoms with Crippen LogP contribution < -0.4 is 5.32 Å². The number of nitrogens with one attached hydrogen (secondary N) is 1. The molecular weight excluding hydrogens is 180 g/mol. The van der Waals surface area contributed by atoms with Crippen LogP contribution in [0.15, 0.2) is 0 Å². The zero-order valence-electron chi connectivity index (χ0n) is 8.71. The van der Waals surface area contributed by atoms with Crippen LogP contribution in [0.1, 0.15) is 26.2 Å². The molecule has 14 heavy (non-hydrogen) atoms. The number of amides is 2. The Balaban J connectivity index is 1.90. The van der Waals surface area contributed by atoms with E-state index >= 15 is 0 Å². The number of ether oxygens (including phenoxy) is 1. The first-order chi connectivity index (χ1) is 6.76. The molecule has 2 heterocycles. The molecule has 2 fully saturated rings. The minimum atomic E-state index is 0.00504. The van der Waals surface area contributed by atoms with E-state index in [0.717, 1.165) is 39.0 Å². The maximum absolute atomic E-state index is 11.5. The van der Waals surface area contributed by atoms with Gasteiger partial charge in [-0.1, -0.05) is 0 Å². The van der Waals surface area contributed by atoms with Crippen molar-refractivity contribution in [1.82, 2.24) is 10.2 Å². The molecule has 0 bridgehead atoms. The van der Waals surface area contributed by atoms with Crippen LogP contribution in [-0.2, 0) is 4.74 Å². The van der Waals surface area contributed by atoms with Gasteiger partial charge < -0.3 is 15.0 Å². The van der Waals surface area contributed by atoms with Crippen molar-refractivity contribution in [2.24, 2.45) is 0 Å². The van der Waals surface area contributed by atoms with Crippen LogP contribution >= 0.6 is 0 Å². The highest BCUT2D eigenvalue weighted by Gasteiger charge is 2.42. The topological polar surface area (TPSA) is 41.6 Å². The number of likely N-dealkylation sites (tertiary alicyclic amines) is 1. The Labute approximate surface area is 84.6 Å². The summed E-state index contributed by atoms with van der Waals surface area (Å²) in [5.74, 6) is 0. The fourth-order valence-corrected chi connectivity index (χ4v) is 2.36. The number of rotatable bonds is 1. The quantitative estimate of drug-likeness (QED) is 0.682. The molecule has 4 heteroatoms. The van der Waals surface area contributed by atoms with Gasteiger partial charge in [-0.2, -0.15) is 0 Å². The first kappa shape index (κ1) is 9.77. The number of nitrogens with zero attached hydrogens (tertiary/aromatic N) is 1. The van der Waals surface area contributed by atoms with E-state index in [-0.39, 0.29) is 11.6 Å². The number of carbonyl (C=O) groups is 1. The third-order valence-electron chi connectivity index (χ3n) is 3.12. The first-order valence-corrected chi connectivity index (χ1v) is 5.42. The van der Waals surface area contributed by atoms with E-state index in [1.54, 1.807) is 0 Å². The second-order valence-corrected chi connectivity index (χ2v) is 4.14. The maximum atomic E-state index is 11.5. The monoisotopic (exact) mass is 198 g/mol. The molecule has 2 rings (SSSR count). The second kappa shape index (κ2) is 3.77. The molecule has 2 aliphatic heterocycles. The van der Waals surface area contributed by atoms with E-state index in [1.165, 1.54) is 0 Å². The molecule has 0 aromatic carbocycles. The van der Waals surface area contributed by atoms with Crippen LogP contribution in [0.4, 0.5) is 4.79 Å². The molecule has 2 amide bonds. The SMILES string of the molecule is CCNC(=O)N1CCC2(CCCO2)C1. The summed E-state index contributed by atoms with van der Waals surface area (Å²) in [5.41, 5.74) is 0.00504.